The molecule has 3 heteroatoms. The first-order valence-electron chi connectivity index (χ1n) is 5.63. The largest absolute Gasteiger partial charge is 0.466 e. The van der Waals surface area contributed by atoms with Gasteiger partial charge in [0.05, 0.1) is 6.61 Å². The SMILES string of the molecule is CCOC(=O)CCCN1CCC[C@H]1C. The van der Waals surface area contributed by atoms with Crippen molar-refractivity contribution in [3.8, 4) is 0 Å². The van der Waals surface area contributed by atoms with E-state index in [9.17, 15) is 4.79 Å². The molecule has 0 saturated carbocycles. The fourth-order valence-electron chi connectivity index (χ4n) is 1.98. The number of hydrogen-bond donors (Lipinski definition) is 0. The van der Waals surface area contributed by atoms with Gasteiger partial charge in [-0.1, -0.05) is 0 Å². The summed E-state index contributed by atoms with van der Waals surface area (Å²) in [5.74, 6) is -0.0562. The molecule has 1 atom stereocenters. The average molecular weight is 199 g/mol. The molecule has 14 heavy (non-hydrogen) atoms. The standard InChI is InChI=1S/C11H21NO2/c1-3-14-11(13)7-5-9-12-8-4-6-10(12)2/h10H,3-9H2,1-2H3/t10-/m1/s1. The molecule has 0 aromatic heterocycles. The van der Waals surface area contributed by atoms with Crippen LogP contribution in [0.5, 0.6) is 0 Å². The Labute approximate surface area is 86.4 Å². The Kier molecular flexibility index (Phi) is 4.94. The molecule has 0 aliphatic carbocycles. The Balaban J connectivity index is 2.06. The fourth-order valence-corrected chi connectivity index (χ4v) is 1.98. The third-order valence-electron chi connectivity index (χ3n) is 2.82. The summed E-state index contributed by atoms with van der Waals surface area (Å²) in [6.45, 7) is 6.85. The lowest BCUT2D eigenvalue weighted by Gasteiger charge is -2.20. The van der Waals surface area contributed by atoms with Crippen LogP contribution in [0, 0.1) is 0 Å². The molecule has 82 valence electrons. The zero-order valence-electron chi connectivity index (χ0n) is 9.29. The lowest BCUT2D eigenvalue weighted by molar-refractivity contribution is -0.143. The van der Waals surface area contributed by atoms with Crippen molar-refractivity contribution in [2.75, 3.05) is 19.7 Å². The third kappa shape index (κ3) is 3.66. The van der Waals surface area contributed by atoms with Crippen molar-refractivity contribution in [2.45, 2.75) is 45.6 Å². The molecule has 1 aliphatic heterocycles. The van der Waals surface area contributed by atoms with Gasteiger partial charge in [-0.15, -0.1) is 0 Å². The van der Waals surface area contributed by atoms with E-state index in [0.717, 1.165) is 13.0 Å². The van der Waals surface area contributed by atoms with E-state index in [4.69, 9.17) is 4.74 Å². The number of esters is 1. The van der Waals surface area contributed by atoms with Gasteiger partial charge in [-0.25, -0.2) is 0 Å². The zero-order chi connectivity index (χ0) is 10.4. The summed E-state index contributed by atoms with van der Waals surface area (Å²) in [7, 11) is 0. The van der Waals surface area contributed by atoms with Crippen molar-refractivity contribution < 1.29 is 9.53 Å². The maximum atomic E-state index is 11.1. The smallest absolute Gasteiger partial charge is 0.305 e. The van der Waals surface area contributed by atoms with Gasteiger partial charge in [0.15, 0.2) is 0 Å². The predicted octanol–water partition coefficient (Wildman–Crippen LogP) is 1.81. The Hall–Kier alpha value is -0.570. The molecule has 1 fully saturated rings. The second-order valence-electron chi connectivity index (χ2n) is 3.94. The van der Waals surface area contributed by atoms with E-state index in [0.29, 0.717) is 19.1 Å². The maximum absolute atomic E-state index is 11.1. The molecule has 0 amide bonds. The third-order valence-corrected chi connectivity index (χ3v) is 2.82. The quantitative estimate of drug-likeness (QED) is 0.632. The molecule has 1 aliphatic rings. The fraction of sp³-hybridized carbons (Fsp3) is 0.909. The minimum Gasteiger partial charge on any atom is -0.466 e. The van der Waals surface area contributed by atoms with Gasteiger partial charge in [-0.05, 0) is 46.2 Å². The van der Waals surface area contributed by atoms with Crippen molar-refractivity contribution in [2.24, 2.45) is 0 Å². The summed E-state index contributed by atoms with van der Waals surface area (Å²) >= 11 is 0. The van der Waals surface area contributed by atoms with E-state index in [2.05, 4.69) is 11.8 Å². The first-order chi connectivity index (χ1) is 6.74. The topological polar surface area (TPSA) is 29.5 Å². The molecule has 0 N–H and O–H groups in total. The van der Waals surface area contributed by atoms with Crippen molar-refractivity contribution in [1.82, 2.24) is 4.90 Å². The van der Waals surface area contributed by atoms with Crippen molar-refractivity contribution in [3.05, 3.63) is 0 Å². The molecule has 1 heterocycles. The van der Waals surface area contributed by atoms with E-state index in [-0.39, 0.29) is 5.97 Å². The van der Waals surface area contributed by atoms with Gasteiger partial charge >= 0.3 is 5.97 Å². The van der Waals surface area contributed by atoms with E-state index < -0.39 is 0 Å². The second kappa shape index (κ2) is 6.02. The van der Waals surface area contributed by atoms with Crippen LogP contribution in [-0.4, -0.2) is 36.6 Å². The van der Waals surface area contributed by atoms with Gasteiger partial charge in [-0.3, -0.25) is 4.79 Å². The molecular weight excluding hydrogens is 178 g/mol. The first-order valence-corrected chi connectivity index (χ1v) is 5.63. The van der Waals surface area contributed by atoms with E-state index >= 15 is 0 Å². The van der Waals surface area contributed by atoms with E-state index in [1.54, 1.807) is 0 Å². The predicted molar refractivity (Wildman–Crippen MR) is 56.1 cm³/mol. The van der Waals surface area contributed by atoms with Crippen LogP contribution in [0.4, 0.5) is 0 Å². The Bertz CT molecular complexity index is 182. The molecular formula is C11H21NO2. The monoisotopic (exact) mass is 199 g/mol. The normalized spacial score (nSPS) is 22.6. The highest BCUT2D eigenvalue weighted by Gasteiger charge is 2.19. The van der Waals surface area contributed by atoms with Gasteiger partial charge in [0.2, 0.25) is 0 Å². The summed E-state index contributed by atoms with van der Waals surface area (Å²) in [5, 5.41) is 0. The summed E-state index contributed by atoms with van der Waals surface area (Å²) in [5.41, 5.74) is 0. The molecule has 0 unspecified atom stereocenters. The van der Waals surface area contributed by atoms with Gasteiger partial charge in [0.1, 0.15) is 0 Å². The molecule has 3 nitrogen and oxygen atoms in total. The van der Waals surface area contributed by atoms with Crippen LogP contribution in [0.15, 0.2) is 0 Å². The number of nitrogens with zero attached hydrogens (tertiary/aromatic N) is 1. The summed E-state index contributed by atoms with van der Waals surface area (Å²) in [6, 6.07) is 0.706. The van der Waals surface area contributed by atoms with Gasteiger partial charge < -0.3 is 9.64 Å². The van der Waals surface area contributed by atoms with Gasteiger partial charge in [0, 0.05) is 12.5 Å². The van der Waals surface area contributed by atoms with Gasteiger partial charge in [-0.2, -0.15) is 0 Å². The summed E-state index contributed by atoms with van der Waals surface area (Å²) in [6.07, 6.45) is 4.11. The number of carbonyl (C=O) groups excluding carboxylic acids is 1. The molecule has 1 saturated heterocycles. The molecule has 0 aromatic carbocycles. The molecule has 0 bridgehead atoms. The number of carbonyl (C=O) groups is 1. The molecule has 0 radical (unpaired) electrons. The number of rotatable bonds is 5. The van der Waals surface area contributed by atoms with Crippen LogP contribution in [0.25, 0.3) is 0 Å². The van der Waals surface area contributed by atoms with Crippen LogP contribution >= 0.6 is 0 Å². The number of likely N-dealkylation sites (tertiary alicyclic amines) is 1. The Morgan fingerprint density at radius 1 is 1.57 bits per heavy atom. The minimum atomic E-state index is -0.0562. The van der Waals surface area contributed by atoms with Gasteiger partial charge in [0.25, 0.3) is 0 Å². The minimum absolute atomic E-state index is 0.0562. The Morgan fingerprint density at radius 3 is 2.93 bits per heavy atom. The lowest BCUT2D eigenvalue weighted by atomic mass is 10.2. The van der Waals surface area contributed by atoms with Crippen molar-refractivity contribution >= 4 is 5.97 Å². The van der Waals surface area contributed by atoms with E-state index in [1.807, 2.05) is 6.92 Å². The van der Waals surface area contributed by atoms with Crippen LogP contribution in [0.3, 0.4) is 0 Å². The Morgan fingerprint density at radius 2 is 2.36 bits per heavy atom. The second-order valence-corrected chi connectivity index (χ2v) is 3.94. The molecule has 0 spiro atoms. The lowest BCUT2D eigenvalue weighted by Crippen LogP contribution is -2.28. The zero-order valence-corrected chi connectivity index (χ0v) is 9.29. The number of ether oxygens (including phenoxy) is 1. The van der Waals surface area contributed by atoms with Crippen molar-refractivity contribution in [1.29, 1.82) is 0 Å². The molecule has 1 rings (SSSR count). The van der Waals surface area contributed by atoms with Crippen LogP contribution < -0.4 is 0 Å². The number of hydrogen-bond acceptors (Lipinski definition) is 3. The summed E-state index contributed by atoms with van der Waals surface area (Å²) < 4.78 is 4.88. The maximum Gasteiger partial charge on any atom is 0.305 e. The highest BCUT2D eigenvalue weighted by atomic mass is 16.5. The first kappa shape index (κ1) is 11.5. The molecule has 0 aromatic rings. The average Bonchev–Trinajstić information content (AvgIpc) is 2.52. The van der Waals surface area contributed by atoms with E-state index in [1.165, 1.54) is 19.4 Å². The summed E-state index contributed by atoms with van der Waals surface area (Å²) in [4.78, 5) is 13.5. The van der Waals surface area contributed by atoms with Crippen LogP contribution in [-0.2, 0) is 9.53 Å². The highest BCUT2D eigenvalue weighted by Crippen LogP contribution is 2.16. The van der Waals surface area contributed by atoms with Crippen LogP contribution in [0.2, 0.25) is 0 Å². The highest BCUT2D eigenvalue weighted by molar-refractivity contribution is 5.69. The van der Waals surface area contributed by atoms with Crippen molar-refractivity contribution in [3.63, 3.8) is 0 Å². The van der Waals surface area contributed by atoms with Crippen LogP contribution in [0.1, 0.15) is 39.5 Å².